The fourth-order valence-electron chi connectivity index (χ4n) is 3.13. The number of hydrogen-bond donors (Lipinski definition) is 1. The van der Waals surface area contributed by atoms with Crippen LogP contribution in [0.1, 0.15) is 43.6 Å². The van der Waals surface area contributed by atoms with Crippen molar-refractivity contribution >= 4 is 27.4 Å². The second-order valence-corrected chi connectivity index (χ2v) is 8.07. The molecule has 0 aromatic heterocycles. The van der Waals surface area contributed by atoms with E-state index in [1.54, 1.807) is 12.1 Å². The molecule has 0 unspecified atom stereocenters. The van der Waals surface area contributed by atoms with Gasteiger partial charge in [-0.25, -0.2) is 8.42 Å². The molecular formula is C15H19ClO4S. The molecule has 6 heteroatoms. The lowest BCUT2D eigenvalue weighted by Gasteiger charge is -2.20. The fourth-order valence-corrected chi connectivity index (χ4v) is 4.79. The van der Waals surface area contributed by atoms with Crippen molar-refractivity contribution in [3.05, 3.63) is 28.8 Å². The minimum atomic E-state index is -3.57. The van der Waals surface area contributed by atoms with Crippen LogP contribution in [0.4, 0.5) is 0 Å². The van der Waals surface area contributed by atoms with Crippen molar-refractivity contribution in [1.82, 2.24) is 0 Å². The zero-order chi connectivity index (χ0) is 15.6. The molecule has 1 aliphatic carbocycles. The van der Waals surface area contributed by atoms with Gasteiger partial charge in [-0.05, 0) is 24.0 Å². The van der Waals surface area contributed by atoms with Gasteiger partial charge < -0.3 is 5.11 Å². The number of rotatable bonds is 5. The Hall–Kier alpha value is -1.07. The standard InChI is InChI=1S/C15H19ClO4S/c1-21(19,20)14-11(7-4-8-13(14)16)12(15(17)18)9-10-5-2-3-6-10/h4,7-8,10,12H,2-3,5-6,9H2,1H3,(H,17,18)/t12-/m1/s1. The van der Waals surface area contributed by atoms with Crippen LogP contribution in [0.5, 0.6) is 0 Å². The van der Waals surface area contributed by atoms with Crippen LogP contribution in [0, 0.1) is 5.92 Å². The molecule has 1 aliphatic rings. The molecule has 116 valence electrons. The van der Waals surface area contributed by atoms with E-state index in [2.05, 4.69) is 0 Å². The van der Waals surface area contributed by atoms with Crippen LogP contribution in [0.15, 0.2) is 23.1 Å². The van der Waals surface area contributed by atoms with Gasteiger partial charge in [0, 0.05) is 6.26 Å². The lowest BCUT2D eigenvalue weighted by atomic mass is 9.88. The SMILES string of the molecule is CS(=O)(=O)c1c(Cl)cccc1[C@@H](CC1CCCC1)C(=O)O. The highest BCUT2D eigenvalue weighted by Crippen LogP contribution is 2.38. The summed E-state index contributed by atoms with van der Waals surface area (Å²) >= 11 is 6.01. The first kappa shape index (κ1) is 16.3. The minimum Gasteiger partial charge on any atom is -0.481 e. The molecule has 0 amide bonds. The molecule has 1 aromatic carbocycles. The third kappa shape index (κ3) is 3.77. The third-order valence-corrected chi connectivity index (χ3v) is 5.71. The van der Waals surface area contributed by atoms with Gasteiger partial charge in [0.05, 0.1) is 15.8 Å². The van der Waals surface area contributed by atoms with Crippen LogP contribution in [0.2, 0.25) is 5.02 Å². The molecule has 0 heterocycles. The molecule has 0 saturated heterocycles. The van der Waals surface area contributed by atoms with Crippen molar-refractivity contribution < 1.29 is 18.3 Å². The summed E-state index contributed by atoms with van der Waals surface area (Å²) in [6.45, 7) is 0. The highest BCUT2D eigenvalue weighted by Gasteiger charge is 2.31. The van der Waals surface area contributed by atoms with Gasteiger partial charge in [-0.15, -0.1) is 0 Å². The van der Waals surface area contributed by atoms with E-state index in [4.69, 9.17) is 11.6 Å². The summed E-state index contributed by atoms with van der Waals surface area (Å²) in [7, 11) is -3.57. The van der Waals surface area contributed by atoms with Crippen LogP contribution < -0.4 is 0 Å². The smallest absolute Gasteiger partial charge is 0.311 e. The van der Waals surface area contributed by atoms with Crippen molar-refractivity contribution in [2.45, 2.75) is 42.9 Å². The number of carbonyl (C=O) groups is 1. The van der Waals surface area contributed by atoms with E-state index in [9.17, 15) is 18.3 Å². The van der Waals surface area contributed by atoms with Gasteiger partial charge in [0.2, 0.25) is 0 Å². The van der Waals surface area contributed by atoms with Crippen LogP contribution in [-0.2, 0) is 14.6 Å². The maximum Gasteiger partial charge on any atom is 0.311 e. The van der Waals surface area contributed by atoms with Crippen LogP contribution >= 0.6 is 11.6 Å². The average molecular weight is 331 g/mol. The molecule has 1 aromatic rings. The highest BCUT2D eigenvalue weighted by molar-refractivity contribution is 7.90. The molecule has 2 rings (SSSR count). The Labute approximate surface area is 130 Å². The summed E-state index contributed by atoms with van der Waals surface area (Å²) in [5, 5.41) is 9.62. The molecule has 1 fully saturated rings. The van der Waals surface area contributed by atoms with Crippen molar-refractivity contribution in [2.75, 3.05) is 6.26 Å². The van der Waals surface area contributed by atoms with E-state index in [0.717, 1.165) is 31.9 Å². The number of hydrogen-bond acceptors (Lipinski definition) is 3. The van der Waals surface area contributed by atoms with Gasteiger partial charge >= 0.3 is 5.97 Å². The number of carboxylic acid groups (broad SMARTS) is 1. The van der Waals surface area contributed by atoms with E-state index >= 15 is 0 Å². The Bertz CT molecular complexity index is 633. The van der Waals surface area contributed by atoms with Crippen LogP contribution in [-0.4, -0.2) is 25.7 Å². The molecule has 0 spiro atoms. The highest BCUT2D eigenvalue weighted by atomic mass is 35.5. The molecule has 1 saturated carbocycles. The molecular weight excluding hydrogens is 312 g/mol. The van der Waals surface area contributed by atoms with Crippen molar-refractivity contribution in [3.63, 3.8) is 0 Å². The Morgan fingerprint density at radius 3 is 2.52 bits per heavy atom. The lowest BCUT2D eigenvalue weighted by molar-refractivity contribution is -0.139. The normalized spacial score (nSPS) is 17.8. The van der Waals surface area contributed by atoms with Gasteiger partial charge in [-0.2, -0.15) is 0 Å². The zero-order valence-electron chi connectivity index (χ0n) is 11.9. The Kier molecular flexibility index (Phi) is 4.94. The Balaban J connectivity index is 2.45. The van der Waals surface area contributed by atoms with Crippen molar-refractivity contribution in [1.29, 1.82) is 0 Å². The first-order chi connectivity index (χ1) is 9.80. The molecule has 21 heavy (non-hydrogen) atoms. The number of aliphatic carboxylic acids is 1. The monoisotopic (exact) mass is 330 g/mol. The molecule has 1 N–H and O–H groups in total. The third-order valence-electron chi connectivity index (χ3n) is 4.09. The quantitative estimate of drug-likeness (QED) is 0.897. The fraction of sp³-hybridized carbons (Fsp3) is 0.533. The van der Waals surface area contributed by atoms with Gasteiger partial charge in [0.1, 0.15) is 0 Å². The summed E-state index contributed by atoms with van der Waals surface area (Å²) in [4.78, 5) is 11.6. The van der Waals surface area contributed by atoms with Gasteiger partial charge in [0.15, 0.2) is 9.84 Å². The van der Waals surface area contributed by atoms with Gasteiger partial charge in [-0.1, -0.05) is 49.4 Å². The zero-order valence-corrected chi connectivity index (χ0v) is 13.5. The summed E-state index contributed by atoms with van der Waals surface area (Å²) in [5.74, 6) is -1.47. The van der Waals surface area contributed by atoms with E-state index in [-0.39, 0.29) is 9.92 Å². The maximum absolute atomic E-state index is 12.0. The molecule has 0 radical (unpaired) electrons. The van der Waals surface area contributed by atoms with Gasteiger partial charge in [-0.3, -0.25) is 4.79 Å². The van der Waals surface area contributed by atoms with Crippen molar-refractivity contribution in [2.24, 2.45) is 5.92 Å². The van der Waals surface area contributed by atoms with Gasteiger partial charge in [0.25, 0.3) is 0 Å². The first-order valence-corrected chi connectivity index (χ1v) is 9.29. The van der Waals surface area contributed by atoms with Crippen LogP contribution in [0.25, 0.3) is 0 Å². The second kappa shape index (κ2) is 6.36. The molecule has 0 aliphatic heterocycles. The molecule has 4 nitrogen and oxygen atoms in total. The summed E-state index contributed by atoms with van der Waals surface area (Å²) in [6.07, 6.45) is 5.79. The minimum absolute atomic E-state index is 0.0444. The van der Waals surface area contributed by atoms with E-state index < -0.39 is 21.7 Å². The summed E-state index contributed by atoms with van der Waals surface area (Å²) in [6, 6.07) is 4.66. The predicted molar refractivity (Wildman–Crippen MR) is 81.5 cm³/mol. The molecule has 1 atom stereocenters. The molecule has 0 bridgehead atoms. The number of halogens is 1. The number of sulfone groups is 1. The van der Waals surface area contributed by atoms with Crippen molar-refractivity contribution in [3.8, 4) is 0 Å². The summed E-state index contributed by atoms with van der Waals surface area (Å²) in [5.41, 5.74) is 0.310. The van der Waals surface area contributed by atoms with Crippen LogP contribution in [0.3, 0.4) is 0 Å². The van der Waals surface area contributed by atoms with E-state index in [1.165, 1.54) is 6.07 Å². The largest absolute Gasteiger partial charge is 0.481 e. The number of carboxylic acids is 1. The lowest BCUT2D eigenvalue weighted by Crippen LogP contribution is -2.18. The second-order valence-electron chi connectivity index (χ2n) is 5.71. The topological polar surface area (TPSA) is 71.4 Å². The maximum atomic E-state index is 12.0. The Morgan fingerprint density at radius 1 is 1.38 bits per heavy atom. The average Bonchev–Trinajstić information content (AvgIpc) is 2.86. The number of benzene rings is 1. The first-order valence-electron chi connectivity index (χ1n) is 7.02. The van der Waals surface area contributed by atoms with E-state index in [1.807, 2.05) is 0 Å². The summed E-state index contributed by atoms with van der Waals surface area (Å²) < 4.78 is 23.9. The Morgan fingerprint density at radius 2 is 2.00 bits per heavy atom. The predicted octanol–water partition coefficient (Wildman–Crippen LogP) is 3.49. The van der Waals surface area contributed by atoms with E-state index in [0.29, 0.717) is 17.9 Å².